The van der Waals surface area contributed by atoms with Crippen molar-refractivity contribution < 1.29 is 0 Å². The van der Waals surface area contributed by atoms with Crippen LogP contribution in [-0.4, -0.2) is 0 Å². The van der Waals surface area contributed by atoms with E-state index in [1.165, 1.54) is 88.2 Å². The number of hydrogen-bond donors (Lipinski definition) is 0. The number of rotatable bonds is 8. The van der Waals surface area contributed by atoms with Gasteiger partial charge in [-0.15, -0.1) is 0 Å². The summed E-state index contributed by atoms with van der Waals surface area (Å²) >= 11 is 0. The molecule has 0 aliphatic heterocycles. The fraction of sp³-hybridized carbons (Fsp3) is 0.0476. The number of hydrogen-bond acceptors (Lipinski definition) is 2. The van der Waals surface area contributed by atoms with Gasteiger partial charge in [-0.1, -0.05) is 182 Å². The molecule has 0 radical (unpaired) electrons. The summed E-state index contributed by atoms with van der Waals surface area (Å²) in [6.45, 7) is 0. The van der Waals surface area contributed by atoms with E-state index in [4.69, 9.17) is 0 Å². The molecule has 0 bridgehead atoms. The normalized spacial score (nSPS) is 13.2. The molecule has 0 N–H and O–H groups in total. The number of benzene rings is 11. The van der Waals surface area contributed by atoms with Crippen molar-refractivity contribution in [2.75, 3.05) is 9.80 Å². The van der Waals surface area contributed by atoms with E-state index in [1.54, 1.807) is 0 Å². The highest BCUT2D eigenvalue weighted by molar-refractivity contribution is 6.22. The van der Waals surface area contributed by atoms with Crippen LogP contribution < -0.4 is 9.80 Å². The maximum Gasteiger partial charge on any atom is 0.0618 e. The van der Waals surface area contributed by atoms with Crippen molar-refractivity contribution in [2.24, 2.45) is 0 Å². The Hall–Kier alpha value is -8.20. The molecule has 0 heterocycles. The molecule has 0 amide bonds. The van der Waals surface area contributed by atoms with Gasteiger partial charge >= 0.3 is 0 Å². The summed E-state index contributed by atoms with van der Waals surface area (Å²) in [6.07, 6.45) is 2.32. The Balaban J connectivity index is 0.930. The Kier molecular flexibility index (Phi) is 8.60. The lowest BCUT2D eigenvalue weighted by atomic mass is 9.73. The van der Waals surface area contributed by atoms with Crippen LogP contribution in [0, 0.1) is 0 Å². The summed E-state index contributed by atoms with van der Waals surface area (Å²) in [7, 11) is 0. The van der Waals surface area contributed by atoms with Crippen LogP contribution in [0.3, 0.4) is 0 Å². The molecule has 1 saturated carbocycles. The molecule has 1 fully saturated rings. The molecule has 0 aromatic heterocycles. The Morgan fingerprint density at radius 2 is 0.738 bits per heavy atom. The molecule has 0 atom stereocenters. The van der Waals surface area contributed by atoms with Crippen LogP contribution in [0.4, 0.5) is 34.1 Å². The van der Waals surface area contributed by atoms with Gasteiger partial charge in [0.25, 0.3) is 0 Å². The summed E-state index contributed by atoms with van der Waals surface area (Å²) in [5, 5.41) is 7.64. The molecule has 65 heavy (non-hydrogen) atoms. The first kappa shape index (κ1) is 37.4. The molecule has 0 saturated heterocycles. The first-order valence-electron chi connectivity index (χ1n) is 22.8. The van der Waals surface area contributed by atoms with Crippen LogP contribution in [0.25, 0.3) is 65.7 Å². The molecule has 0 unspecified atom stereocenters. The SMILES string of the molecule is c1ccc(N(c2ccccc2)c2ccc3c(c2)C2(CC2)c2cccc4c(-c5ccc(-c6c7ccccc7c(N(c7ccccc7)c7ccccc7)c7ccccc67)cc5)ccc-3c24)cc1. The lowest BCUT2D eigenvalue weighted by Crippen LogP contribution is -2.17. The third kappa shape index (κ3) is 5.95. The predicted molar refractivity (Wildman–Crippen MR) is 275 cm³/mol. The molecule has 11 aromatic carbocycles. The van der Waals surface area contributed by atoms with Gasteiger partial charge in [0.1, 0.15) is 0 Å². The molecular formula is C63H44N2. The fourth-order valence-electron chi connectivity index (χ4n) is 11.0. The van der Waals surface area contributed by atoms with Crippen LogP contribution in [0.2, 0.25) is 0 Å². The van der Waals surface area contributed by atoms with Crippen LogP contribution in [0.5, 0.6) is 0 Å². The van der Waals surface area contributed by atoms with Gasteiger partial charge in [0.05, 0.1) is 5.69 Å². The quantitative estimate of drug-likeness (QED) is 0.141. The van der Waals surface area contributed by atoms with Crippen molar-refractivity contribution in [1.29, 1.82) is 0 Å². The first-order chi connectivity index (χ1) is 32.2. The van der Waals surface area contributed by atoms with Crippen LogP contribution >= 0.6 is 0 Å². The standard InChI is InChI=1S/C63H44N2/c1-5-18-45(19-6-1)64(46-20-7-2-8-21-46)49-36-37-51-55-39-38-50(52-30-17-31-58(61(52)55)63(40-41-63)59(51)42-49)43-32-34-44(35-33-43)60-53-26-13-15-28-56(53)62(57-29-16-14-27-54(57)60)65(47-22-9-3-10-23-47)48-24-11-4-12-25-48/h1-39,42H,40-41H2. The Bertz CT molecular complexity index is 3440. The highest BCUT2D eigenvalue weighted by Crippen LogP contribution is 2.62. The van der Waals surface area contributed by atoms with E-state index in [1.807, 2.05) is 0 Å². The van der Waals surface area contributed by atoms with Crippen molar-refractivity contribution in [1.82, 2.24) is 0 Å². The van der Waals surface area contributed by atoms with Crippen molar-refractivity contribution in [3.05, 3.63) is 254 Å². The second kappa shape index (κ2) is 15.0. The summed E-state index contributed by atoms with van der Waals surface area (Å²) < 4.78 is 0. The average molecular weight is 829 g/mol. The van der Waals surface area contributed by atoms with Crippen LogP contribution in [-0.2, 0) is 5.41 Å². The Labute approximate surface area is 379 Å². The summed E-state index contributed by atoms with van der Waals surface area (Å²) in [5.74, 6) is 0. The lowest BCUT2D eigenvalue weighted by Gasteiger charge is -2.32. The molecule has 2 nitrogen and oxygen atoms in total. The van der Waals surface area contributed by atoms with E-state index >= 15 is 0 Å². The number of nitrogens with zero attached hydrogens (tertiary/aromatic N) is 2. The van der Waals surface area contributed by atoms with E-state index in [9.17, 15) is 0 Å². The third-order valence-electron chi connectivity index (χ3n) is 14.0. The Morgan fingerprint density at radius 3 is 1.28 bits per heavy atom. The van der Waals surface area contributed by atoms with Gasteiger partial charge < -0.3 is 9.80 Å². The molecular weight excluding hydrogens is 785 g/mol. The van der Waals surface area contributed by atoms with Crippen molar-refractivity contribution in [3.8, 4) is 33.4 Å². The van der Waals surface area contributed by atoms with Gasteiger partial charge in [0.2, 0.25) is 0 Å². The van der Waals surface area contributed by atoms with Gasteiger partial charge in [-0.05, 0) is 140 Å². The minimum atomic E-state index is 0.0181. The number of anilines is 6. The third-order valence-corrected chi connectivity index (χ3v) is 14.0. The molecule has 306 valence electrons. The molecule has 1 spiro atoms. The summed E-state index contributed by atoms with van der Waals surface area (Å²) in [6, 6.07) is 89.2. The van der Waals surface area contributed by atoms with Gasteiger partial charge in [-0.25, -0.2) is 0 Å². The van der Waals surface area contributed by atoms with Crippen LogP contribution in [0.15, 0.2) is 243 Å². The predicted octanol–water partition coefficient (Wildman–Crippen LogP) is 17.5. The Morgan fingerprint density at radius 1 is 0.292 bits per heavy atom. The maximum absolute atomic E-state index is 2.48. The van der Waals surface area contributed by atoms with E-state index in [0.29, 0.717) is 0 Å². The molecule has 2 heteroatoms. The first-order valence-corrected chi connectivity index (χ1v) is 22.8. The average Bonchev–Trinajstić information content (AvgIpc) is 4.19. The van der Waals surface area contributed by atoms with E-state index < -0.39 is 0 Å². The van der Waals surface area contributed by atoms with Gasteiger partial charge in [0.15, 0.2) is 0 Å². The lowest BCUT2D eigenvalue weighted by molar-refractivity contribution is 0.853. The number of fused-ring (bicyclic) bond motifs is 6. The smallest absolute Gasteiger partial charge is 0.0618 e. The topological polar surface area (TPSA) is 6.48 Å². The maximum atomic E-state index is 2.48. The highest BCUT2D eigenvalue weighted by atomic mass is 15.1. The summed E-state index contributed by atoms with van der Waals surface area (Å²) in [4.78, 5) is 4.81. The van der Waals surface area contributed by atoms with Crippen molar-refractivity contribution >= 4 is 66.4 Å². The van der Waals surface area contributed by atoms with E-state index in [2.05, 4.69) is 252 Å². The second-order valence-corrected chi connectivity index (χ2v) is 17.6. The second-order valence-electron chi connectivity index (χ2n) is 17.6. The molecule has 13 rings (SSSR count). The minimum absolute atomic E-state index is 0.0181. The zero-order chi connectivity index (χ0) is 42.9. The monoisotopic (exact) mass is 828 g/mol. The zero-order valence-corrected chi connectivity index (χ0v) is 35.9. The fourth-order valence-corrected chi connectivity index (χ4v) is 11.0. The van der Waals surface area contributed by atoms with Gasteiger partial charge in [-0.2, -0.15) is 0 Å². The zero-order valence-electron chi connectivity index (χ0n) is 35.9. The molecule has 2 aliphatic rings. The largest absolute Gasteiger partial charge is 0.310 e. The highest BCUT2D eigenvalue weighted by Gasteiger charge is 2.50. The van der Waals surface area contributed by atoms with E-state index in [0.717, 1.165) is 35.6 Å². The molecule has 2 aliphatic carbocycles. The van der Waals surface area contributed by atoms with Gasteiger partial charge in [0, 0.05) is 44.6 Å². The minimum Gasteiger partial charge on any atom is -0.310 e. The number of para-hydroxylation sites is 4. The molecule has 11 aromatic rings. The van der Waals surface area contributed by atoms with Crippen molar-refractivity contribution in [2.45, 2.75) is 18.3 Å². The van der Waals surface area contributed by atoms with Crippen molar-refractivity contribution in [3.63, 3.8) is 0 Å². The summed E-state index contributed by atoms with van der Waals surface area (Å²) in [5.41, 5.74) is 17.6. The van der Waals surface area contributed by atoms with Crippen LogP contribution in [0.1, 0.15) is 24.0 Å². The van der Waals surface area contributed by atoms with E-state index in [-0.39, 0.29) is 5.41 Å². The van der Waals surface area contributed by atoms with Gasteiger partial charge in [-0.3, -0.25) is 0 Å².